The molecule has 0 amide bonds. The highest BCUT2D eigenvalue weighted by atomic mass is 16.4. The van der Waals surface area contributed by atoms with E-state index in [4.69, 9.17) is 5.11 Å². The molecule has 0 aromatic carbocycles. The highest BCUT2D eigenvalue weighted by Crippen LogP contribution is 1.85. The summed E-state index contributed by atoms with van der Waals surface area (Å²) in [6, 6.07) is 0. The predicted octanol–water partition coefficient (Wildman–Crippen LogP) is 0.132. The summed E-state index contributed by atoms with van der Waals surface area (Å²) in [5.41, 5.74) is 0. The molecule has 0 rings (SSSR count). The van der Waals surface area contributed by atoms with Crippen molar-refractivity contribution in [2.24, 2.45) is 5.10 Å². The van der Waals surface area contributed by atoms with Crippen molar-refractivity contribution in [3.8, 4) is 0 Å². The van der Waals surface area contributed by atoms with Gasteiger partial charge in [0.1, 0.15) is 6.54 Å². The van der Waals surface area contributed by atoms with E-state index in [0.29, 0.717) is 0 Å². The molecule has 0 fully saturated rings. The van der Waals surface area contributed by atoms with Crippen LogP contribution in [0.25, 0.3) is 0 Å². The van der Waals surface area contributed by atoms with E-state index in [1.54, 1.807) is 0 Å². The minimum atomic E-state index is -0.956. The Morgan fingerprint density at radius 3 is 2.56 bits per heavy atom. The molecule has 0 heterocycles. The second-order valence-electron chi connectivity index (χ2n) is 1.32. The summed E-state index contributed by atoms with van der Waals surface area (Å²) in [5.74, 6) is -0.956. The van der Waals surface area contributed by atoms with E-state index in [9.17, 15) is 4.79 Å². The van der Waals surface area contributed by atoms with Crippen LogP contribution in [0.4, 0.5) is 0 Å². The summed E-state index contributed by atoms with van der Waals surface area (Å²) in [6.07, 6.45) is 1.29. The Morgan fingerprint density at radius 2 is 2.44 bits per heavy atom. The molecule has 0 saturated carbocycles. The lowest BCUT2D eigenvalue weighted by Gasteiger charge is -2.07. The number of hydrazone groups is 1. The first-order chi connectivity index (χ1) is 4.20. The molecule has 0 aliphatic carbocycles. The number of aliphatic carboxylic acids is 1. The van der Waals surface area contributed by atoms with E-state index in [1.165, 1.54) is 6.20 Å². The average molecular weight is 128 g/mol. The van der Waals surface area contributed by atoms with E-state index in [0.717, 1.165) is 5.01 Å². The molecule has 0 unspecified atom stereocenters. The largest absolute Gasteiger partial charge is 0.480 e. The fourth-order valence-electron chi connectivity index (χ4n) is 0.311. The number of carboxylic acid groups (broad SMARTS) is 1. The summed E-state index contributed by atoms with van der Waals surface area (Å²) in [5, 5.41) is 12.6. The number of carbonyl (C=O) groups is 1. The molecule has 1 N–H and O–H groups in total. The Hall–Kier alpha value is -1.32. The lowest BCUT2D eigenvalue weighted by Crippen LogP contribution is -2.18. The monoisotopic (exact) mass is 128 g/mol. The highest BCUT2D eigenvalue weighted by molar-refractivity contribution is 5.69. The van der Waals surface area contributed by atoms with Crippen LogP contribution < -0.4 is 0 Å². The van der Waals surface area contributed by atoms with Crippen LogP contribution in [-0.4, -0.2) is 29.3 Å². The van der Waals surface area contributed by atoms with Gasteiger partial charge < -0.3 is 5.11 Å². The zero-order chi connectivity index (χ0) is 7.28. The van der Waals surface area contributed by atoms with Gasteiger partial charge in [-0.1, -0.05) is 6.58 Å². The standard InChI is InChI=1S/C5H8N2O2/c1-3-7(6-2)4-5(8)9/h3H,1-2,4H2,(H,8,9). The molecule has 4 nitrogen and oxygen atoms in total. The van der Waals surface area contributed by atoms with Gasteiger partial charge in [-0.3, -0.25) is 9.80 Å². The van der Waals surface area contributed by atoms with Gasteiger partial charge in [0.25, 0.3) is 0 Å². The van der Waals surface area contributed by atoms with Crippen molar-refractivity contribution in [1.29, 1.82) is 0 Å². The molecule has 0 saturated heterocycles. The Kier molecular flexibility index (Phi) is 3.12. The first kappa shape index (κ1) is 7.68. The SMILES string of the molecule is C=CN(CC(=O)O)N=C. The van der Waals surface area contributed by atoms with E-state index >= 15 is 0 Å². The predicted molar refractivity (Wildman–Crippen MR) is 34.1 cm³/mol. The molecule has 0 atom stereocenters. The van der Waals surface area contributed by atoms with Gasteiger partial charge in [0.05, 0.1) is 0 Å². The maximum atomic E-state index is 9.95. The van der Waals surface area contributed by atoms with Crippen LogP contribution in [0.1, 0.15) is 0 Å². The van der Waals surface area contributed by atoms with Gasteiger partial charge in [0, 0.05) is 12.9 Å². The second kappa shape index (κ2) is 3.65. The van der Waals surface area contributed by atoms with Gasteiger partial charge in [0.15, 0.2) is 0 Å². The number of carboxylic acids is 1. The first-order valence-electron chi connectivity index (χ1n) is 2.28. The first-order valence-corrected chi connectivity index (χ1v) is 2.28. The molecule has 0 aromatic heterocycles. The van der Waals surface area contributed by atoms with Crippen LogP contribution in [0.5, 0.6) is 0 Å². The molecular weight excluding hydrogens is 120 g/mol. The topological polar surface area (TPSA) is 52.9 Å². The normalized spacial score (nSPS) is 8.00. The molecule has 0 aliphatic rings. The summed E-state index contributed by atoms with van der Waals surface area (Å²) >= 11 is 0. The molecule has 9 heavy (non-hydrogen) atoms. The zero-order valence-electron chi connectivity index (χ0n) is 4.95. The third-order valence-corrected chi connectivity index (χ3v) is 0.690. The Balaban J connectivity index is 3.68. The summed E-state index contributed by atoms with van der Waals surface area (Å²) in [7, 11) is 0. The van der Waals surface area contributed by atoms with Crippen molar-refractivity contribution >= 4 is 12.7 Å². The van der Waals surface area contributed by atoms with Gasteiger partial charge in [-0.25, -0.2) is 0 Å². The number of hydrogen-bond acceptors (Lipinski definition) is 3. The molecule has 50 valence electrons. The Labute approximate surface area is 53.1 Å². The van der Waals surface area contributed by atoms with E-state index < -0.39 is 5.97 Å². The molecule has 0 spiro atoms. The highest BCUT2D eigenvalue weighted by Gasteiger charge is 1.99. The van der Waals surface area contributed by atoms with Gasteiger partial charge >= 0.3 is 5.97 Å². The maximum Gasteiger partial charge on any atom is 0.325 e. The van der Waals surface area contributed by atoms with Crippen LogP contribution in [0.2, 0.25) is 0 Å². The van der Waals surface area contributed by atoms with Crippen molar-refractivity contribution in [2.45, 2.75) is 0 Å². The second-order valence-corrected chi connectivity index (χ2v) is 1.32. The van der Waals surface area contributed by atoms with Crippen LogP contribution >= 0.6 is 0 Å². The van der Waals surface area contributed by atoms with E-state index in [1.807, 2.05) is 0 Å². The van der Waals surface area contributed by atoms with E-state index in [2.05, 4.69) is 18.4 Å². The molecule has 0 bridgehead atoms. The summed E-state index contributed by atoms with van der Waals surface area (Å²) in [4.78, 5) is 9.95. The maximum absolute atomic E-state index is 9.95. The van der Waals surface area contributed by atoms with Crippen LogP contribution in [-0.2, 0) is 4.79 Å². The van der Waals surface area contributed by atoms with Crippen molar-refractivity contribution in [1.82, 2.24) is 5.01 Å². The van der Waals surface area contributed by atoms with Crippen molar-refractivity contribution in [3.05, 3.63) is 12.8 Å². The van der Waals surface area contributed by atoms with Crippen molar-refractivity contribution < 1.29 is 9.90 Å². The van der Waals surface area contributed by atoms with Gasteiger partial charge in [-0.15, -0.1) is 0 Å². The fourth-order valence-corrected chi connectivity index (χ4v) is 0.311. The molecular formula is C5H8N2O2. The number of rotatable bonds is 4. The zero-order valence-corrected chi connectivity index (χ0v) is 4.95. The lowest BCUT2D eigenvalue weighted by atomic mass is 10.6. The van der Waals surface area contributed by atoms with Gasteiger partial charge in [-0.05, 0) is 0 Å². The quantitative estimate of drug-likeness (QED) is 0.432. The minimum Gasteiger partial charge on any atom is -0.480 e. The van der Waals surface area contributed by atoms with Crippen LogP contribution in [0.15, 0.2) is 17.9 Å². The number of nitrogens with zero attached hydrogens (tertiary/aromatic N) is 2. The lowest BCUT2D eigenvalue weighted by molar-refractivity contribution is -0.137. The minimum absolute atomic E-state index is 0.188. The Bertz CT molecular complexity index is 125. The molecule has 4 heteroatoms. The van der Waals surface area contributed by atoms with E-state index in [-0.39, 0.29) is 6.54 Å². The van der Waals surface area contributed by atoms with Crippen molar-refractivity contribution in [3.63, 3.8) is 0 Å². The van der Waals surface area contributed by atoms with Crippen LogP contribution in [0, 0.1) is 0 Å². The molecule has 0 radical (unpaired) electrons. The smallest absolute Gasteiger partial charge is 0.325 e. The molecule has 0 aliphatic heterocycles. The summed E-state index contributed by atoms with van der Waals surface area (Å²) in [6.45, 7) is 6.25. The third-order valence-electron chi connectivity index (χ3n) is 0.690. The third kappa shape index (κ3) is 3.28. The number of hydrogen-bond donors (Lipinski definition) is 1. The summed E-state index contributed by atoms with van der Waals surface area (Å²) < 4.78 is 0. The fraction of sp³-hybridized carbons (Fsp3) is 0.200. The van der Waals surface area contributed by atoms with Gasteiger partial charge in [-0.2, -0.15) is 5.10 Å². The van der Waals surface area contributed by atoms with Crippen LogP contribution in [0.3, 0.4) is 0 Å². The average Bonchev–Trinajstić information content (AvgIpc) is 1.82. The van der Waals surface area contributed by atoms with Gasteiger partial charge in [0.2, 0.25) is 0 Å². The Morgan fingerprint density at radius 1 is 1.89 bits per heavy atom. The molecule has 0 aromatic rings. The van der Waals surface area contributed by atoms with Crippen molar-refractivity contribution in [2.75, 3.05) is 6.54 Å².